The third-order valence-electron chi connectivity index (χ3n) is 3.40. The molecule has 0 spiro atoms. The SMILES string of the molecule is COc1cccc(Nc2cc(NCc3ccc(F)cc3)ncn2)c1. The molecule has 0 amide bonds. The van der Waals surface area contributed by atoms with Crippen LogP contribution in [0.3, 0.4) is 0 Å². The number of anilines is 3. The van der Waals surface area contributed by atoms with E-state index in [0.29, 0.717) is 18.2 Å². The van der Waals surface area contributed by atoms with Gasteiger partial charge in [0.05, 0.1) is 7.11 Å². The summed E-state index contributed by atoms with van der Waals surface area (Å²) in [6, 6.07) is 15.7. The third-order valence-corrected chi connectivity index (χ3v) is 3.40. The van der Waals surface area contributed by atoms with Gasteiger partial charge in [-0.2, -0.15) is 0 Å². The van der Waals surface area contributed by atoms with Crippen LogP contribution in [-0.2, 0) is 6.54 Å². The van der Waals surface area contributed by atoms with Gasteiger partial charge in [0.25, 0.3) is 0 Å². The Morgan fingerprint density at radius 2 is 1.79 bits per heavy atom. The summed E-state index contributed by atoms with van der Waals surface area (Å²) >= 11 is 0. The maximum absolute atomic E-state index is 12.9. The number of rotatable bonds is 6. The van der Waals surface area contributed by atoms with Gasteiger partial charge in [-0.1, -0.05) is 18.2 Å². The Kier molecular flexibility index (Phi) is 4.86. The molecule has 5 nitrogen and oxygen atoms in total. The first-order valence-corrected chi connectivity index (χ1v) is 7.44. The van der Waals surface area contributed by atoms with E-state index in [4.69, 9.17) is 4.74 Å². The summed E-state index contributed by atoms with van der Waals surface area (Å²) in [4.78, 5) is 8.39. The molecule has 0 aliphatic heterocycles. The molecule has 0 bridgehead atoms. The average Bonchev–Trinajstić information content (AvgIpc) is 2.62. The molecule has 1 heterocycles. The highest BCUT2D eigenvalue weighted by Gasteiger charge is 2.01. The normalized spacial score (nSPS) is 10.2. The Morgan fingerprint density at radius 1 is 1.00 bits per heavy atom. The number of methoxy groups -OCH3 is 1. The molecule has 3 aromatic rings. The second kappa shape index (κ2) is 7.41. The molecular formula is C18H17FN4O. The zero-order valence-corrected chi connectivity index (χ0v) is 13.2. The van der Waals surface area contributed by atoms with E-state index in [1.54, 1.807) is 19.2 Å². The molecule has 2 aromatic carbocycles. The third kappa shape index (κ3) is 4.19. The zero-order chi connectivity index (χ0) is 16.8. The second-order valence-electron chi connectivity index (χ2n) is 5.13. The Morgan fingerprint density at radius 3 is 2.58 bits per heavy atom. The molecule has 0 unspecified atom stereocenters. The lowest BCUT2D eigenvalue weighted by Gasteiger charge is -2.09. The van der Waals surface area contributed by atoms with Crippen molar-refractivity contribution in [1.82, 2.24) is 9.97 Å². The summed E-state index contributed by atoms with van der Waals surface area (Å²) in [6.07, 6.45) is 1.48. The van der Waals surface area contributed by atoms with E-state index < -0.39 is 0 Å². The molecule has 0 aliphatic carbocycles. The quantitative estimate of drug-likeness (QED) is 0.718. The molecular weight excluding hydrogens is 307 g/mol. The van der Waals surface area contributed by atoms with Crippen molar-refractivity contribution in [2.24, 2.45) is 0 Å². The van der Waals surface area contributed by atoms with Gasteiger partial charge in [-0.25, -0.2) is 14.4 Å². The van der Waals surface area contributed by atoms with Crippen LogP contribution in [-0.4, -0.2) is 17.1 Å². The molecule has 0 radical (unpaired) electrons. The lowest BCUT2D eigenvalue weighted by Crippen LogP contribution is -2.03. The molecule has 6 heteroatoms. The van der Waals surface area contributed by atoms with Crippen molar-refractivity contribution >= 4 is 17.3 Å². The standard InChI is InChI=1S/C18H17FN4O/c1-24-16-4-2-3-15(9-16)23-18-10-17(21-12-22-18)20-11-13-5-7-14(19)8-6-13/h2-10,12H,11H2,1H3,(H2,20,21,22,23). The zero-order valence-electron chi connectivity index (χ0n) is 13.2. The van der Waals surface area contributed by atoms with Crippen molar-refractivity contribution < 1.29 is 9.13 Å². The number of nitrogens with one attached hydrogen (secondary N) is 2. The Labute approximate surface area is 139 Å². The lowest BCUT2D eigenvalue weighted by molar-refractivity contribution is 0.415. The van der Waals surface area contributed by atoms with Crippen LogP contribution in [0.4, 0.5) is 21.7 Å². The van der Waals surface area contributed by atoms with E-state index in [0.717, 1.165) is 17.0 Å². The van der Waals surface area contributed by atoms with Crippen molar-refractivity contribution in [2.75, 3.05) is 17.7 Å². The molecule has 0 saturated carbocycles. The minimum atomic E-state index is -0.245. The minimum absolute atomic E-state index is 0.245. The summed E-state index contributed by atoms with van der Waals surface area (Å²) in [6.45, 7) is 0.551. The van der Waals surface area contributed by atoms with Crippen LogP contribution < -0.4 is 15.4 Å². The van der Waals surface area contributed by atoms with Crippen molar-refractivity contribution in [2.45, 2.75) is 6.54 Å². The van der Waals surface area contributed by atoms with Gasteiger partial charge in [0.2, 0.25) is 0 Å². The van der Waals surface area contributed by atoms with E-state index in [2.05, 4.69) is 20.6 Å². The summed E-state index contributed by atoms with van der Waals surface area (Å²) in [5, 5.41) is 6.39. The summed E-state index contributed by atoms with van der Waals surface area (Å²) < 4.78 is 18.1. The van der Waals surface area contributed by atoms with Gasteiger partial charge < -0.3 is 15.4 Å². The smallest absolute Gasteiger partial charge is 0.135 e. The maximum Gasteiger partial charge on any atom is 0.135 e. The fourth-order valence-corrected chi connectivity index (χ4v) is 2.17. The molecule has 0 saturated heterocycles. The van der Waals surface area contributed by atoms with Gasteiger partial charge in [0.1, 0.15) is 29.5 Å². The Bertz CT molecular complexity index is 808. The Balaban J connectivity index is 1.66. The van der Waals surface area contributed by atoms with Gasteiger partial charge in [0, 0.05) is 24.4 Å². The van der Waals surface area contributed by atoms with E-state index in [-0.39, 0.29) is 5.82 Å². The predicted molar refractivity (Wildman–Crippen MR) is 92.0 cm³/mol. The minimum Gasteiger partial charge on any atom is -0.497 e. The predicted octanol–water partition coefficient (Wildman–Crippen LogP) is 3.98. The first-order chi connectivity index (χ1) is 11.7. The molecule has 3 rings (SSSR count). The molecule has 0 fully saturated rings. The fraction of sp³-hybridized carbons (Fsp3) is 0.111. The second-order valence-corrected chi connectivity index (χ2v) is 5.13. The van der Waals surface area contributed by atoms with Crippen molar-refractivity contribution in [1.29, 1.82) is 0 Å². The molecule has 1 aromatic heterocycles. The Hall–Kier alpha value is -3.15. The summed E-state index contributed by atoms with van der Waals surface area (Å²) in [7, 11) is 1.63. The van der Waals surface area contributed by atoms with E-state index in [9.17, 15) is 4.39 Å². The number of hydrogen-bond donors (Lipinski definition) is 2. The number of nitrogens with zero attached hydrogens (tertiary/aromatic N) is 2. The number of halogens is 1. The number of aromatic nitrogens is 2. The van der Waals surface area contributed by atoms with Crippen molar-refractivity contribution in [3.05, 3.63) is 72.3 Å². The van der Waals surface area contributed by atoms with Crippen LogP contribution in [0, 0.1) is 5.82 Å². The van der Waals surface area contributed by atoms with E-state index in [1.807, 2.05) is 30.3 Å². The van der Waals surface area contributed by atoms with Crippen LogP contribution in [0.1, 0.15) is 5.56 Å². The first-order valence-electron chi connectivity index (χ1n) is 7.44. The largest absolute Gasteiger partial charge is 0.497 e. The fourth-order valence-electron chi connectivity index (χ4n) is 2.17. The molecule has 24 heavy (non-hydrogen) atoms. The van der Waals surface area contributed by atoms with Gasteiger partial charge in [-0.3, -0.25) is 0 Å². The first kappa shape index (κ1) is 15.7. The highest BCUT2D eigenvalue weighted by atomic mass is 19.1. The van der Waals surface area contributed by atoms with Gasteiger partial charge in [-0.05, 0) is 29.8 Å². The van der Waals surface area contributed by atoms with E-state index in [1.165, 1.54) is 18.5 Å². The van der Waals surface area contributed by atoms with Crippen molar-refractivity contribution in [3.8, 4) is 5.75 Å². The lowest BCUT2D eigenvalue weighted by atomic mass is 10.2. The topological polar surface area (TPSA) is 59.1 Å². The molecule has 122 valence electrons. The highest BCUT2D eigenvalue weighted by Crippen LogP contribution is 2.21. The van der Waals surface area contributed by atoms with E-state index >= 15 is 0 Å². The molecule has 0 atom stereocenters. The molecule has 0 aliphatic rings. The maximum atomic E-state index is 12.9. The average molecular weight is 324 g/mol. The monoisotopic (exact) mass is 324 g/mol. The van der Waals surface area contributed by atoms with Crippen molar-refractivity contribution in [3.63, 3.8) is 0 Å². The number of benzene rings is 2. The summed E-state index contributed by atoms with van der Waals surface area (Å²) in [5.74, 6) is 1.87. The number of hydrogen-bond acceptors (Lipinski definition) is 5. The van der Waals surface area contributed by atoms with Crippen LogP contribution in [0.5, 0.6) is 5.75 Å². The van der Waals surface area contributed by atoms with Crippen LogP contribution in [0.2, 0.25) is 0 Å². The van der Waals surface area contributed by atoms with Crippen LogP contribution in [0.15, 0.2) is 60.9 Å². The number of ether oxygens (including phenoxy) is 1. The van der Waals surface area contributed by atoms with Crippen LogP contribution >= 0.6 is 0 Å². The summed E-state index contributed by atoms with van der Waals surface area (Å²) in [5.41, 5.74) is 1.84. The van der Waals surface area contributed by atoms with Gasteiger partial charge in [-0.15, -0.1) is 0 Å². The molecule has 2 N–H and O–H groups in total. The van der Waals surface area contributed by atoms with Gasteiger partial charge >= 0.3 is 0 Å². The van der Waals surface area contributed by atoms with Crippen LogP contribution in [0.25, 0.3) is 0 Å². The highest BCUT2D eigenvalue weighted by molar-refractivity contribution is 5.60. The van der Waals surface area contributed by atoms with Gasteiger partial charge in [0.15, 0.2) is 0 Å².